The van der Waals surface area contributed by atoms with E-state index in [2.05, 4.69) is 15.2 Å². The van der Waals surface area contributed by atoms with Gasteiger partial charge in [-0.2, -0.15) is 0 Å². The molecule has 9 heteroatoms. The highest BCUT2D eigenvalue weighted by Gasteiger charge is 2.34. The normalized spacial score (nSPS) is 14.2. The van der Waals surface area contributed by atoms with Gasteiger partial charge in [-0.3, -0.25) is 14.5 Å². The average molecular weight is 395 g/mol. The SMILES string of the molecule is CN(C)CCN1C(=O)c2cc(N)cc3c2c(cc2nnn(CCN(C)C)c23)C1=O. The van der Waals surface area contributed by atoms with E-state index in [9.17, 15) is 9.59 Å². The summed E-state index contributed by atoms with van der Waals surface area (Å²) in [5.74, 6) is -0.614. The maximum atomic E-state index is 13.2. The molecule has 0 unspecified atom stereocenters. The van der Waals surface area contributed by atoms with Crippen molar-refractivity contribution in [2.45, 2.75) is 6.54 Å². The lowest BCUT2D eigenvalue weighted by Crippen LogP contribution is -2.43. The van der Waals surface area contributed by atoms with E-state index in [1.807, 2.05) is 37.8 Å². The number of amides is 2. The molecule has 0 radical (unpaired) electrons. The summed E-state index contributed by atoms with van der Waals surface area (Å²) < 4.78 is 1.81. The largest absolute Gasteiger partial charge is 0.399 e. The molecule has 1 aliphatic rings. The number of fused-ring (bicyclic) bond motifs is 2. The number of aromatic nitrogens is 3. The van der Waals surface area contributed by atoms with Crippen molar-refractivity contribution in [3.63, 3.8) is 0 Å². The molecular weight excluding hydrogens is 370 g/mol. The van der Waals surface area contributed by atoms with Gasteiger partial charge in [0.2, 0.25) is 0 Å². The number of carbonyl (C=O) groups excluding carboxylic acids is 2. The molecule has 152 valence electrons. The van der Waals surface area contributed by atoms with Crippen molar-refractivity contribution in [2.24, 2.45) is 0 Å². The molecule has 0 bridgehead atoms. The summed E-state index contributed by atoms with van der Waals surface area (Å²) in [6.45, 7) is 2.32. The fraction of sp³-hybridized carbons (Fsp3) is 0.400. The molecule has 0 saturated heterocycles. The molecule has 2 amide bonds. The fourth-order valence-corrected chi connectivity index (χ4v) is 3.73. The summed E-state index contributed by atoms with van der Waals surface area (Å²) in [5, 5.41) is 9.94. The predicted molar refractivity (Wildman–Crippen MR) is 112 cm³/mol. The minimum Gasteiger partial charge on any atom is -0.399 e. The first-order chi connectivity index (χ1) is 13.8. The molecule has 0 fully saturated rings. The summed E-state index contributed by atoms with van der Waals surface area (Å²) in [6.07, 6.45) is 0. The Balaban J connectivity index is 1.93. The Labute approximate surface area is 168 Å². The van der Waals surface area contributed by atoms with Crippen molar-refractivity contribution < 1.29 is 9.59 Å². The molecule has 29 heavy (non-hydrogen) atoms. The summed E-state index contributed by atoms with van der Waals surface area (Å²) in [7, 11) is 7.79. The average Bonchev–Trinajstić information content (AvgIpc) is 3.06. The van der Waals surface area contributed by atoms with Gasteiger partial charge in [-0.25, -0.2) is 4.68 Å². The van der Waals surface area contributed by atoms with Crippen LogP contribution in [0.5, 0.6) is 0 Å². The number of anilines is 1. The Hall–Kier alpha value is -3.04. The van der Waals surface area contributed by atoms with Gasteiger partial charge < -0.3 is 15.5 Å². The van der Waals surface area contributed by atoms with E-state index in [0.29, 0.717) is 47.4 Å². The smallest absolute Gasteiger partial charge is 0.261 e. The number of likely N-dealkylation sites (N-methyl/N-ethyl adjacent to an activating group) is 2. The highest BCUT2D eigenvalue weighted by Crippen LogP contribution is 2.36. The lowest BCUT2D eigenvalue weighted by atomic mass is 9.92. The summed E-state index contributed by atoms with van der Waals surface area (Å²) in [6, 6.07) is 5.20. The van der Waals surface area contributed by atoms with Crippen LogP contribution in [-0.2, 0) is 6.54 Å². The van der Waals surface area contributed by atoms with Crippen LogP contribution in [0.4, 0.5) is 5.69 Å². The molecule has 2 heterocycles. The van der Waals surface area contributed by atoms with Crippen LogP contribution in [0, 0.1) is 0 Å². The number of imide groups is 1. The number of hydrogen-bond acceptors (Lipinski definition) is 7. The van der Waals surface area contributed by atoms with E-state index >= 15 is 0 Å². The summed E-state index contributed by atoms with van der Waals surface area (Å²) >= 11 is 0. The zero-order valence-electron chi connectivity index (χ0n) is 17.1. The first-order valence-electron chi connectivity index (χ1n) is 9.53. The number of nitrogen functional groups attached to an aromatic ring is 1. The van der Waals surface area contributed by atoms with Gasteiger partial charge in [0.15, 0.2) is 0 Å². The van der Waals surface area contributed by atoms with Gasteiger partial charge in [-0.15, -0.1) is 5.10 Å². The molecule has 2 aromatic carbocycles. The van der Waals surface area contributed by atoms with E-state index in [1.54, 1.807) is 18.2 Å². The minimum atomic E-state index is -0.312. The summed E-state index contributed by atoms with van der Waals surface area (Å²) in [4.78, 5) is 31.6. The van der Waals surface area contributed by atoms with Crippen molar-refractivity contribution in [2.75, 3.05) is 53.6 Å². The molecule has 0 spiro atoms. The van der Waals surface area contributed by atoms with Crippen LogP contribution >= 0.6 is 0 Å². The number of rotatable bonds is 6. The number of nitrogens with two attached hydrogens (primary N) is 1. The van der Waals surface area contributed by atoms with Gasteiger partial charge in [-0.05, 0) is 46.4 Å². The second-order valence-corrected chi connectivity index (χ2v) is 7.96. The highest BCUT2D eigenvalue weighted by molar-refractivity contribution is 6.29. The molecule has 4 rings (SSSR count). The lowest BCUT2D eigenvalue weighted by molar-refractivity contribution is 0.0601. The molecule has 9 nitrogen and oxygen atoms in total. The first-order valence-corrected chi connectivity index (χ1v) is 9.53. The van der Waals surface area contributed by atoms with E-state index in [0.717, 1.165) is 17.4 Å². The van der Waals surface area contributed by atoms with Crippen LogP contribution in [-0.4, -0.2) is 89.3 Å². The van der Waals surface area contributed by atoms with Gasteiger partial charge >= 0.3 is 0 Å². The van der Waals surface area contributed by atoms with Gasteiger partial charge in [0.05, 0.1) is 23.2 Å². The zero-order chi connectivity index (χ0) is 20.9. The number of carbonyl (C=O) groups is 2. The second-order valence-electron chi connectivity index (χ2n) is 7.96. The summed E-state index contributed by atoms with van der Waals surface area (Å²) in [5.41, 5.74) is 8.97. The lowest BCUT2D eigenvalue weighted by Gasteiger charge is -2.28. The Morgan fingerprint density at radius 3 is 2.21 bits per heavy atom. The van der Waals surface area contributed by atoms with Crippen LogP contribution in [0.15, 0.2) is 18.2 Å². The van der Waals surface area contributed by atoms with Gasteiger partial charge in [-0.1, -0.05) is 5.21 Å². The Bertz CT molecular complexity index is 1130. The molecule has 2 N–H and O–H groups in total. The topological polar surface area (TPSA) is 101 Å². The van der Waals surface area contributed by atoms with Crippen LogP contribution in [0.3, 0.4) is 0 Å². The van der Waals surface area contributed by atoms with Gasteiger partial charge in [0.25, 0.3) is 11.8 Å². The first kappa shape index (κ1) is 19.3. The van der Waals surface area contributed by atoms with E-state index in [4.69, 9.17) is 5.73 Å². The van der Waals surface area contributed by atoms with Crippen LogP contribution in [0.25, 0.3) is 21.8 Å². The van der Waals surface area contributed by atoms with E-state index in [1.165, 1.54) is 4.90 Å². The van der Waals surface area contributed by atoms with Crippen LogP contribution in [0.1, 0.15) is 20.7 Å². The predicted octanol–water partition coefficient (Wildman–Crippen LogP) is 0.886. The monoisotopic (exact) mass is 395 g/mol. The Morgan fingerprint density at radius 2 is 1.55 bits per heavy atom. The van der Waals surface area contributed by atoms with Crippen molar-refractivity contribution in [1.82, 2.24) is 29.7 Å². The number of nitrogens with zero attached hydrogens (tertiary/aromatic N) is 6. The standard InChI is InChI=1S/C20H25N7O2/c1-24(2)5-7-26-19(28)14-10-12(21)9-13-17(14)15(20(26)29)11-16-18(13)27(23-22-16)8-6-25(3)4/h9-11H,5-8,21H2,1-4H3. The maximum absolute atomic E-state index is 13.2. The third-order valence-corrected chi connectivity index (χ3v) is 5.21. The number of benzene rings is 2. The van der Waals surface area contributed by atoms with Crippen molar-refractivity contribution in [3.05, 3.63) is 29.3 Å². The molecule has 3 aromatic rings. The molecule has 1 aromatic heterocycles. The maximum Gasteiger partial charge on any atom is 0.261 e. The van der Waals surface area contributed by atoms with Gasteiger partial charge in [0.1, 0.15) is 5.52 Å². The number of hydrogen-bond donors (Lipinski definition) is 1. The van der Waals surface area contributed by atoms with Crippen molar-refractivity contribution in [3.8, 4) is 0 Å². The third kappa shape index (κ3) is 3.22. The van der Waals surface area contributed by atoms with Crippen LogP contribution < -0.4 is 5.73 Å². The van der Waals surface area contributed by atoms with E-state index < -0.39 is 0 Å². The molecular formula is C20H25N7O2. The Morgan fingerprint density at radius 1 is 0.931 bits per heavy atom. The highest BCUT2D eigenvalue weighted by atomic mass is 16.2. The Kier molecular flexibility index (Phi) is 4.71. The van der Waals surface area contributed by atoms with Crippen molar-refractivity contribution in [1.29, 1.82) is 0 Å². The molecule has 0 saturated carbocycles. The van der Waals surface area contributed by atoms with Gasteiger partial charge in [0, 0.05) is 36.1 Å². The third-order valence-electron chi connectivity index (χ3n) is 5.21. The molecule has 0 aliphatic carbocycles. The molecule has 1 aliphatic heterocycles. The second kappa shape index (κ2) is 7.09. The zero-order valence-corrected chi connectivity index (χ0v) is 17.1. The van der Waals surface area contributed by atoms with E-state index in [-0.39, 0.29) is 11.8 Å². The van der Waals surface area contributed by atoms with Crippen molar-refractivity contribution >= 4 is 39.3 Å². The fourth-order valence-electron chi connectivity index (χ4n) is 3.73. The van der Waals surface area contributed by atoms with Crippen LogP contribution in [0.2, 0.25) is 0 Å². The minimum absolute atomic E-state index is 0.302. The molecule has 0 atom stereocenters. The quantitative estimate of drug-likeness (QED) is 0.488.